The Kier molecular flexibility index (Phi) is 5.69. The highest BCUT2D eigenvalue weighted by molar-refractivity contribution is 6.30. The SMILES string of the molecule is CCCCNc1cnnc(N2CCN(c3cccc(Cl)c3)CC2)n1. The maximum absolute atomic E-state index is 6.09. The first-order valence-electron chi connectivity index (χ1n) is 8.45. The van der Waals surface area contributed by atoms with Crippen molar-refractivity contribution in [2.45, 2.75) is 19.8 Å². The third-order valence-electron chi connectivity index (χ3n) is 4.12. The molecule has 2 heterocycles. The number of halogens is 1. The van der Waals surface area contributed by atoms with Gasteiger partial charge in [0.15, 0.2) is 5.82 Å². The van der Waals surface area contributed by atoms with E-state index in [9.17, 15) is 0 Å². The molecule has 7 heteroatoms. The maximum atomic E-state index is 6.09. The minimum atomic E-state index is 0.697. The third-order valence-corrected chi connectivity index (χ3v) is 4.36. The van der Waals surface area contributed by atoms with Gasteiger partial charge in [0.2, 0.25) is 5.95 Å². The summed E-state index contributed by atoms with van der Waals surface area (Å²) < 4.78 is 0. The molecule has 2 aromatic rings. The molecule has 0 atom stereocenters. The number of anilines is 3. The van der Waals surface area contributed by atoms with Gasteiger partial charge < -0.3 is 15.1 Å². The summed E-state index contributed by atoms with van der Waals surface area (Å²) in [5.74, 6) is 1.49. The van der Waals surface area contributed by atoms with Gasteiger partial charge in [-0.05, 0) is 24.6 Å². The van der Waals surface area contributed by atoms with E-state index >= 15 is 0 Å². The summed E-state index contributed by atoms with van der Waals surface area (Å²) in [6, 6.07) is 7.99. The fraction of sp³-hybridized carbons (Fsp3) is 0.471. The zero-order valence-corrected chi connectivity index (χ0v) is 14.7. The topological polar surface area (TPSA) is 57.2 Å². The Morgan fingerprint density at radius 3 is 2.71 bits per heavy atom. The summed E-state index contributed by atoms with van der Waals surface area (Å²) in [6.07, 6.45) is 3.96. The number of aromatic nitrogens is 3. The van der Waals surface area contributed by atoms with Gasteiger partial charge in [0.1, 0.15) is 0 Å². The predicted molar refractivity (Wildman–Crippen MR) is 99.1 cm³/mol. The molecule has 1 aliphatic rings. The van der Waals surface area contributed by atoms with Gasteiger partial charge >= 0.3 is 0 Å². The third kappa shape index (κ3) is 4.26. The van der Waals surface area contributed by atoms with E-state index in [2.05, 4.69) is 43.3 Å². The Labute approximate surface area is 147 Å². The second-order valence-electron chi connectivity index (χ2n) is 5.88. The van der Waals surface area contributed by atoms with Crippen molar-refractivity contribution in [3.63, 3.8) is 0 Å². The van der Waals surface area contributed by atoms with E-state index in [1.54, 1.807) is 6.20 Å². The van der Waals surface area contributed by atoms with Crippen molar-refractivity contribution in [2.24, 2.45) is 0 Å². The average molecular weight is 347 g/mol. The lowest BCUT2D eigenvalue weighted by Crippen LogP contribution is -2.47. The molecule has 0 spiro atoms. The first kappa shape index (κ1) is 16.8. The van der Waals surface area contributed by atoms with Crippen LogP contribution in [0.2, 0.25) is 5.02 Å². The largest absolute Gasteiger partial charge is 0.369 e. The highest BCUT2D eigenvalue weighted by atomic mass is 35.5. The van der Waals surface area contributed by atoms with Gasteiger partial charge in [-0.2, -0.15) is 10.1 Å². The van der Waals surface area contributed by atoms with E-state index in [1.165, 1.54) is 0 Å². The lowest BCUT2D eigenvalue weighted by molar-refractivity contribution is 0.635. The van der Waals surface area contributed by atoms with Gasteiger partial charge in [-0.3, -0.25) is 0 Å². The zero-order valence-electron chi connectivity index (χ0n) is 14.0. The maximum Gasteiger partial charge on any atom is 0.247 e. The molecule has 0 radical (unpaired) electrons. The number of piperazine rings is 1. The van der Waals surface area contributed by atoms with Crippen LogP contribution in [0.15, 0.2) is 30.5 Å². The van der Waals surface area contributed by atoms with Crippen molar-refractivity contribution >= 4 is 29.1 Å². The van der Waals surface area contributed by atoms with E-state index < -0.39 is 0 Å². The van der Waals surface area contributed by atoms with Gasteiger partial charge in [-0.25, -0.2) is 0 Å². The monoisotopic (exact) mass is 346 g/mol. The van der Waals surface area contributed by atoms with Crippen LogP contribution in [0.5, 0.6) is 0 Å². The number of nitrogens with zero attached hydrogens (tertiary/aromatic N) is 5. The molecule has 1 fully saturated rings. The molecule has 1 aromatic heterocycles. The van der Waals surface area contributed by atoms with E-state index in [-0.39, 0.29) is 0 Å². The van der Waals surface area contributed by atoms with Crippen molar-refractivity contribution in [3.8, 4) is 0 Å². The molecular formula is C17H23ClN6. The van der Waals surface area contributed by atoms with E-state index in [1.807, 2.05) is 18.2 Å². The van der Waals surface area contributed by atoms with Gasteiger partial charge in [0.05, 0.1) is 6.20 Å². The fourth-order valence-corrected chi connectivity index (χ4v) is 2.93. The predicted octanol–water partition coefficient (Wildman–Crippen LogP) is 3.06. The Hall–Kier alpha value is -2.08. The van der Waals surface area contributed by atoms with Gasteiger partial charge in [0.25, 0.3) is 0 Å². The lowest BCUT2D eigenvalue weighted by Gasteiger charge is -2.36. The second-order valence-corrected chi connectivity index (χ2v) is 6.31. The highest BCUT2D eigenvalue weighted by Gasteiger charge is 2.20. The molecule has 1 saturated heterocycles. The molecule has 1 N–H and O–H groups in total. The van der Waals surface area contributed by atoms with Crippen LogP contribution in [0.1, 0.15) is 19.8 Å². The van der Waals surface area contributed by atoms with Crippen molar-refractivity contribution < 1.29 is 0 Å². The van der Waals surface area contributed by atoms with Gasteiger partial charge in [-0.15, -0.1) is 5.10 Å². The zero-order chi connectivity index (χ0) is 16.8. The summed E-state index contributed by atoms with van der Waals surface area (Å²) in [5.41, 5.74) is 1.16. The number of hydrogen-bond donors (Lipinski definition) is 1. The first-order chi connectivity index (χ1) is 11.8. The molecule has 6 nitrogen and oxygen atoms in total. The average Bonchev–Trinajstić information content (AvgIpc) is 2.62. The molecule has 1 aromatic carbocycles. The number of benzene rings is 1. The van der Waals surface area contributed by atoms with Crippen molar-refractivity contribution in [1.82, 2.24) is 15.2 Å². The standard InChI is InChI=1S/C17H23ClN6/c1-2-3-7-19-16-13-20-22-17(21-16)24-10-8-23(9-11-24)15-6-4-5-14(18)12-15/h4-6,12-13H,2-3,7-11H2,1H3,(H,19,21,22). The first-order valence-corrected chi connectivity index (χ1v) is 8.83. The molecule has 3 rings (SSSR count). The molecule has 24 heavy (non-hydrogen) atoms. The molecule has 128 valence electrons. The molecule has 0 amide bonds. The minimum absolute atomic E-state index is 0.697. The van der Waals surface area contributed by atoms with Crippen LogP contribution in [0.3, 0.4) is 0 Å². The number of rotatable bonds is 6. The number of unbranched alkanes of at least 4 members (excludes halogenated alkanes) is 1. The molecule has 0 bridgehead atoms. The van der Waals surface area contributed by atoms with Crippen LogP contribution in [0.25, 0.3) is 0 Å². The Bertz CT molecular complexity index is 657. The molecule has 0 saturated carbocycles. The van der Waals surface area contributed by atoms with Gasteiger partial charge in [0, 0.05) is 43.4 Å². The number of nitrogens with one attached hydrogen (secondary N) is 1. The minimum Gasteiger partial charge on any atom is -0.369 e. The van der Waals surface area contributed by atoms with Crippen LogP contribution in [0.4, 0.5) is 17.5 Å². The molecular weight excluding hydrogens is 324 g/mol. The Balaban J connectivity index is 1.59. The van der Waals surface area contributed by atoms with Crippen LogP contribution in [-0.2, 0) is 0 Å². The van der Waals surface area contributed by atoms with Crippen molar-refractivity contribution in [2.75, 3.05) is 47.8 Å². The molecule has 0 unspecified atom stereocenters. The normalized spacial score (nSPS) is 14.8. The van der Waals surface area contributed by atoms with E-state index in [4.69, 9.17) is 11.6 Å². The lowest BCUT2D eigenvalue weighted by atomic mass is 10.2. The van der Waals surface area contributed by atoms with Crippen LogP contribution < -0.4 is 15.1 Å². The highest BCUT2D eigenvalue weighted by Crippen LogP contribution is 2.21. The number of hydrogen-bond acceptors (Lipinski definition) is 6. The van der Waals surface area contributed by atoms with Crippen molar-refractivity contribution in [3.05, 3.63) is 35.5 Å². The second kappa shape index (κ2) is 8.15. The Morgan fingerprint density at radius 2 is 1.96 bits per heavy atom. The van der Waals surface area contributed by atoms with Crippen LogP contribution in [0, 0.1) is 0 Å². The quantitative estimate of drug-likeness (QED) is 0.811. The smallest absolute Gasteiger partial charge is 0.247 e. The van der Waals surface area contributed by atoms with Gasteiger partial charge in [-0.1, -0.05) is 31.0 Å². The summed E-state index contributed by atoms with van der Waals surface area (Å²) in [4.78, 5) is 9.09. The van der Waals surface area contributed by atoms with Crippen molar-refractivity contribution in [1.29, 1.82) is 0 Å². The summed E-state index contributed by atoms with van der Waals surface area (Å²) >= 11 is 6.09. The molecule has 0 aliphatic carbocycles. The summed E-state index contributed by atoms with van der Waals surface area (Å²) in [6.45, 7) is 6.65. The summed E-state index contributed by atoms with van der Waals surface area (Å²) in [5, 5.41) is 12.3. The van der Waals surface area contributed by atoms with Crippen LogP contribution in [-0.4, -0.2) is 47.9 Å². The van der Waals surface area contributed by atoms with Crippen LogP contribution >= 0.6 is 11.6 Å². The van der Waals surface area contributed by atoms with E-state index in [0.717, 1.165) is 62.1 Å². The Morgan fingerprint density at radius 1 is 1.17 bits per heavy atom. The fourth-order valence-electron chi connectivity index (χ4n) is 2.74. The van der Waals surface area contributed by atoms with E-state index in [0.29, 0.717) is 5.95 Å². The molecule has 1 aliphatic heterocycles. The summed E-state index contributed by atoms with van der Waals surface area (Å²) in [7, 11) is 0.